The van der Waals surface area contributed by atoms with Gasteiger partial charge in [0.05, 0.1) is 110 Å². The van der Waals surface area contributed by atoms with Gasteiger partial charge in [0.25, 0.3) is 16.7 Å². The van der Waals surface area contributed by atoms with Crippen LogP contribution in [0.3, 0.4) is 0 Å². The van der Waals surface area contributed by atoms with Crippen LogP contribution in [0.1, 0.15) is 110 Å². The van der Waals surface area contributed by atoms with Crippen molar-refractivity contribution >= 4 is 137 Å². The summed E-state index contributed by atoms with van der Waals surface area (Å²) in [6.45, 7) is 29.7. The van der Waals surface area contributed by atoms with Crippen molar-refractivity contribution in [2.24, 2.45) is 0 Å². The molecular formula is C93H75Cl6F9N18O9. The number of pyridine rings is 9. The van der Waals surface area contributed by atoms with Crippen molar-refractivity contribution in [3.05, 3.63) is 257 Å². The zero-order chi connectivity index (χ0) is 98.7. The Hall–Kier alpha value is -13.8. The van der Waals surface area contributed by atoms with Gasteiger partial charge in [-0.15, -0.1) is 0 Å². The molecule has 3 aliphatic heterocycles. The summed E-state index contributed by atoms with van der Waals surface area (Å²) in [6.07, 6.45) is 8.28. The Balaban J connectivity index is 0.000000171. The maximum atomic E-state index is 15.6. The summed E-state index contributed by atoms with van der Waals surface area (Å²) in [4.78, 5) is 116. The van der Waals surface area contributed by atoms with Gasteiger partial charge in [0, 0.05) is 113 Å². The van der Waals surface area contributed by atoms with Crippen LogP contribution in [-0.2, 0) is 14.4 Å². The van der Waals surface area contributed by atoms with Crippen molar-refractivity contribution in [3.63, 3.8) is 0 Å². The van der Waals surface area contributed by atoms with E-state index >= 15 is 13.2 Å². The van der Waals surface area contributed by atoms with Gasteiger partial charge in [0.1, 0.15) is 56.9 Å². The van der Waals surface area contributed by atoms with Crippen LogP contribution >= 0.6 is 69.6 Å². The average Bonchev–Trinajstić information content (AvgIpc) is 0.728. The van der Waals surface area contributed by atoms with Gasteiger partial charge in [-0.1, -0.05) is 131 Å². The van der Waals surface area contributed by atoms with Gasteiger partial charge in [-0.05, 0) is 110 Å². The SMILES string of the molecule is C=CC(=O)N1CCN(c2c(C#N)c(=O)n(-c3c(C)ccnc3C(C)C)c3nc(-c4c(F)c(Cl)c(Cl)c(O)c4Cl)c(Cl)cc23)CC1.C=CC(=O)N1CCN(c2c(C#N)c(=O)n(-c3c(C)ccnc3C(C)C)c3nc(-c4c(O)c(F)c(F)c(F)c4F)c(Cl)cc23)CC1.C=CC(=O)N1CCN(c2c(C#N)c(=O)n(-c3c(C)ccnc3C(C)C)c3nc(-c4c(O)c(F)c(F)c(F)c4F)c(Cl)cc23)CC1. The number of aromatic nitrogens is 9. The summed E-state index contributed by atoms with van der Waals surface area (Å²) in [5.74, 6) is -23.2. The van der Waals surface area contributed by atoms with E-state index in [1.807, 2.05) is 58.6 Å². The molecule has 9 aromatic heterocycles. The van der Waals surface area contributed by atoms with Gasteiger partial charge in [0.2, 0.25) is 41.0 Å². The number of phenolic OH excluding ortho intramolecular Hbond substituents is 3. The van der Waals surface area contributed by atoms with Gasteiger partial charge < -0.3 is 44.7 Å². The van der Waals surface area contributed by atoms with Crippen molar-refractivity contribution in [3.8, 4) is 86.3 Å². The highest BCUT2D eigenvalue weighted by atomic mass is 35.5. The molecule has 12 aromatic rings. The summed E-state index contributed by atoms with van der Waals surface area (Å²) in [6, 6.07) is 14.9. The standard InChI is InChI=1S/C31H25Cl4FN6O3.2C31H25ClF4N6O3/c1-5-19(43)40-8-10-41(11-9-40)28-16-12-18(32)26(20-21(33)29(44)23(35)22(34)24(20)36)39-30(16)42(31(45)17(28)13-37)27-15(4)6-7-38-25(27)14(2)3;2*1-5-19(43)40-8-10-41(11-9-40)28-16-12-18(32)26(20-21(33)22(34)23(35)24(36)29(20)44)39-30(16)42(31(45)17(28)13-37)27-15(4)6-7-38-25(27)14(2)3/h3*5-7,12,14,44H,1,8-11H2,2-4H3. The zero-order valence-corrected chi connectivity index (χ0v) is 77.3. The maximum Gasteiger partial charge on any atom is 0.276 e. The number of amides is 3. The van der Waals surface area contributed by atoms with Gasteiger partial charge in [-0.3, -0.25) is 57.4 Å². The smallest absolute Gasteiger partial charge is 0.276 e. The van der Waals surface area contributed by atoms with Crippen LogP contribution in [0.25, 0.3) is 83.9 Å². The predicted molar refractivity (Wildman–Crippen MR) is 494 cm³/mol. The third-order valence-electron chi connectivity index (χ3n) is 23.0. The average molecular weight is 1970 g/mol. The lowest BCUT2D eigenvalue weighted by Gasteiger charge is -2.36. The summed E-state index contributed by atoms with van der Waals surface area (Å²) in [5, 5.41) is 60.3. The third-order valence-corrected chi connectivity index (χ3v) is 25.1. The molecule has 15 rings (SSSR count). The first-order valence-electron chi connectivity index (χ1n) is 41.1. The van der Waals surface area contributed by atoms with Crippen molar-refractivity contribution in [1.29, 1.82) is 15.8 Å². The monoisotopic (exact) mass is 1970 g/mol. The first kappa shape index (κ1) is 98.7. The van der Waals surface area contributed by atoms with Crippen LogP contribution in [0.5, 0.6) is 17.2 Å². The van der Waals surface area contributed by atoms with E-state index in [9.17, 15) is 86.2 Å². The molecule has 0 aliphatic carbocycles. The number of nitriles is 3. The molecule has 0 spiro atoms. The number of aryl methyl sites for hydroxylation is 3. The Labute approximate surface area is 792 Å². The quantitative estimate of drug-likeness (QED) is 0.0371. The highest BCUT2D eigenvalue weighted by Crippen LogP contribution is 2.51. The molecule has 0 saturated carbocycles. The van der Waals surface area contributed by atoms with E-state index in [4.69, 9.17) is 74.6 Å². The van der Waals surface area contributed by atoms with E-state index in [-0.39, 0.29) is 184 Å². The summed E-state index contributed by atoms with van der Waals surface area (Å²) < 4.78 is 135. The molecular weight excluding hydrogens is 1900 g/mol. The molecule has 0 unspecified atom stereocenters. The lowest BCUT2D eigenvalue weighted by molar-refractivity contribution is -0.127. The Morgan fingerprint density at radius 2 is 0.637 bits per heavy atom. The molecule has 3 N–H and O–H groups in total. The van der Waals surface area contributed by atoms with Crippen molar-refractivity contribution in [2.75, 3.05) is 93.2 Å². The van der Waals surface area contributed by atoms with E-state index in [1.54, 1.807) is 69.7 Å². The van der Waals surface area contributed by atoms with Gasteiger partial charge >= 0.3 is 0 Å². The van der Waals surface area contributed by atoms with Crippen molar-refractivity contribution < 1.29 is 69.2 Å². The number of halogens is 15. The maximum absolute atomic E-state index is 15.6. The van der Waals surface area contributed by atoms with E-state index in [1.165, 1.54) is 53.4 Å². The highest BCUT2D eigenvalue weighted by molar-refractivity contribution is 6.46. The summed E-state index contributed by atoms with van der Waals surface area (Å²) in [7, 11) is 0. The topological polar surface area (TPSA) is 346 Å². The van der Waals surface area contributed by atoms with E-state index in [2.05, 4.69) is 50.7 Å². The first-order valence-corrected chi connectivity index (χ1v) is 43.4. The van der Waals surface area contributed by atoms with Crippen LogP contribution in [0.2, 0.25) is 30.1 Å². The fraction of sp³-hybridized carbons (Fsp3) is 0.258. The van der Waals surface area contributed by atoms with E-state index in [0.29, 0.717) is 57.9 Å². The number of nitrogens with zero attached hydrogens (tertiary/aromatic N) is 18. The molecule has 3 aromatic carbocycles. The van der Waals surface area contributed by atoms with Crippen molar-refractivity contribution in [1.82, 2.24) is 58.3 Å². The van der Waals surface area contributed by atoms with Crippen LogP contribution in [0.15, 0.2) is 107 Å². The van der Waals surface area contributed by atoms with Gasteiger partial charge in [0.15, 0.2) is 46.3 Å². The zero-order valence-electron chi connectivity index (χ0n) is 72.8. The molecule has 3 saturated heterocycles. The Kier molecular flexibility index (Phi) is 28.8. The summed E-state index contributed by atoms with van der Waals surface area (Å²) in [5.41, 5.74) is -3.21. The van der Waals surface area contributed by atoms with Crippen LogP contribution < -0.4 is 31.4 Å². The van der Waals surface area contributed by atoms with Gasteiger partial charge in [-0.2, -0.15) is 24.6 Å². The number of benzene rings is 3. The minimum Gasteiger partial charge on any atom is -0.505 e. The molecule has 3 aliphatic rings. The number of piperazine rings is 3. The second kappa shape index (κ2) is 39.4. The molecule has 12 heterocycles. The Bertz CT molecular complexity index is 6650. The Morgan fingerprint density at radius 3 is 0.889 bits per heavy atom. The van der Waals surface area contributed by atoms with Crippen molar-refractivity contribution in [2.45, 2.75) is 80.1 Å². The fourth-order valence-electron chi connectivity index (χ4n) is 16.4. The molecule has 0 radical (unpaired) electrons. The van der Waals surface area contributed by atoms with Crippen LogP contribution in [-0.4, -0.2) is 170 Å². The molecule has 42 heteroatoms. The number of rotatable bonds is 15. The van der Waals surface area contributed by atoms with Crippen LogP contribution in [0.4, 0.5) is 56.6 Å². The minimum absolute atomic E-state index is 0.0250. The number of carbonyl (C=O) groups is 3. The third kappa shape index (κ3) is 17.5. The molecule has 0 bridgehead atoms. The lowest BCUT2D eigenvalue weighted by atomic mass is 10.0. The lowest BCUT2D eigenvalue weighted by Crippen LogP contribution is -2.49. The van der Waals surface area contributed by atoms with E-state index < -0.39 is 139 Å². The number of aromatic hydroxyl groups is 3. The number of phenols is 3. The Morgan fingerprint density at radius 1 is 0.378 bits per heavy atom. The number of anilines is 3. The van der Waals surface area contributed by atoms with E-state index in [0.717, 1.165) is 9.13 Å². The van der Waals surface area contributed by atoms with Gasteiger partial charge in [-0.25, -0.2) is 45.7 Å². The molecule has 0 atom stereocenters. The number of hydrogen-bond acceptors (Lipinski definition) is 21. The molecule has 27 nitrogen and oxygen atoms in total. The predicted octanol–water partition coefficient (Wildman–Crippen LogP) is 18.0. The summed E-state index contributed by atoms with van der Waals surface area (Å²) >= 11 is 38.2. The first-order chi connectivity index (χ1) is 64.0. The fourth-order valence-corrected chi connectivity index (χ4v) is 17.8. The molecule has 696 valence electrons. The highest BCUT2D eigenvalue weighted by Gasteiger charge is 2.39. The minimum atomic E-state index is -2.23. The number of carbonyl (C=O) groups excluding carboxylic acids is 3. The molecule has 3 fully saturated rings. The largest absolute Gasteiger partial charge is 0.505 e. The number of fused-ring (bicyclic) bond motifs is 3. The molecule has 3 amide bonds. The van der Waals surface area contributed by atoms with Crippen LogP contribution in [0, 0.1) is 107 Å². The normalized spacial score (nSPS) is 13.4. The second-order valence-corrected chi connectivity index (χ2v) is 34.4. The second-order valence-electron chi connectivity index (χ2n) is 32.0. The molecule has 135 heavy (non-hydrogen) atoms. The number of hydrogen-bond donors (Lipinski definition) is 3.